The van der Waals surface area contributed by atoms with E-state index in [4.69, 9.17) is 11.6 Å². The molecule has 0 aliphatic carbocycles. The zero-order valence-corrected chi connectivity index (χ0v) is 13.5. The van der Waals surface area contributed by atoms with Crippen molar-refractivity contribution in [2.24, 2.45) is 0 Å². The number of rotatable bonds is 3. The van der Waals surface area contributed by atoms with Gasteiger partial charge in [0.2, 0.25) is 0 Å². The van der Waals surface area contributed by atoms with Gasteiger partial charge in [-0.15, -0.1) is 0 Å². The zero-order valence-electron chi connectivity index (χ0n) is 12.8. The largest absolute Gasteiger partial charge is 0.368 e. The van der Waals surface area contributed by atoms with Crippen LogP contribution in [0.15, 0.2) is 29.1 Å². The SMILES string of the molecule is CC1(C)CN(c2ccc(Cl)cc2)CCN1Cc1n[nH]c(=O)[nH]1. The summed E-state index contributed by atoms with van der Waals surface area (Å²) in [6.07, 6.45) is 0. The monoisotopic (exact) mass is 321 g/mol. The molecule has 1 aliphatic heterocycles. The lowest BCUT2D eigenvalue weighted by Crippen LogP contribution is -2.59. The third-order valence-electron chi connectivity index (χ3n) is 4.16. The van der Waals surface area contributed by atoms with E-state index in [1.165, 1.54) is 5.69 Å². The molecular formula is C15H20ClN5O. The molecular weight excluding hydrogens is 302 g/mol. The van der Waals surface area contributed by atoms with Crippen LogP contribution in [0.5, 0.6) is 0 Å². The summed E-state index contributed by atoms with van der Waals surface area (Å²) in [5.74, 6) is 0.679. The number of aromatic nitrogens is 3. The van der Waals surface area contributed by atoms with Gasteiger partial charge in [-0.25, -0.2) is 9.89 Å². The number of piperazine rings is 1. The molecule has 0 spiro atoms. The molecule has 3 rings (SSSR count). The van der Waals surface area contributed by atoms with Crippen LogP contribution in [0.4, 0.5) is 5.69 Å². The highest BCUT2D eigenvalue weighted by atomic mass is 35.5. The van der Waals surface area contributed by atoms with Gasteiger partial charge >= 0.3 is 5.69 Å². The Kier molecular flexibility index (Phi) is 3.97. The molecule has 22 heavy (non-hydrogen) atoms. The number of hydrogen-bond donors (Lipinski definition) is 2. The maximum absolute atomic E-state index is 11.1. The van der Waals surface area contributed by atoms with Gasteiger partial charge in [0.15, 0.2) is 0 Å². The first-order chi connectivity index (χ1) is 10.4. The fourth-order valence-corrected chi connectivity index (χ4v) is 3.04. The lowest BCUT2D eigenvalue weighted by atomic mass is 9.98. The van der Waals surface area contributed by atoms with Crippen LogP contribution in [0.25, 0.3) is 0 Å². The fraction of sp³-hybridized carbons (Fsp3) is 0.467. The van der Waals surface area contributed by atoms with Crippen molar-refractivity contribution in [1.29, 1.82) is 0 Å². The van der Waals surface area contributed by atoms with E-state index in [0.717, 1.165) is 24.7 Å². The molecule has 1 aromatic carbocycles. The van der Waals surface area contributed by atoms with Crippen molar-refractivity contribution < 1.29 is 0 Å². The Morgan fingerprint density at radius 1 is 1.27 bits per heavy atom. The summed E-state index contributed by atoms with van der Waals surface area (Å²) >= 11 is 5.96. The second kappa shape index (κ2) is 5.78. The highest BCUT2D eigenvalue weighted by Crippen LogP contribution is 2.27. The van der Waals surface area contributed by atoms with Crippen LogP contribution in [0.1, 0.15) is 19.7 Å². The molecule has 0 bridgehead atoms. The smallest absolute Gasteiger partial charge is 0.340 e. The average Bonchev–Trinajstić information content (AvgIpc) is 2.87. The average molecular weight is 322 g/mol. The van der Waals surface area contributed by atoms with Crippen molar-refractivity contribution in [1.82, 2.24) is 20.1 Å². The topological polar surface area (TPSA) is 68.0 Å². The molecule has 0 amide bonds. The van der Waals surface area contributed by atoms with Crippen LogP contribution in [-0.2, 0) is 6.54 Å². The number of hydrogen-bond acceptors (Lipinski definition) is 4. The minimum Gasteiger partial charge on any atom is -0.368 e. The Morgan fingerprint density at radius 2 is 2.00 bits per heavy atom. The van der Waals surface area contributed by atoms with Gasteiger partial charge in [-0.05, 0) is 38.1 Å². The molecule has 1 fully saturated rings. The summed E-state index contributed by atoms with van der Waals surface area (Å²) in [6, 6.07) is 7.95. The summed E-state index contributed by atoms with van der Waals surface area (Å²) in [6.45, 7) is 7.80. The zero-order chi connectivity index (χ0) is 15.7. The van der Waals surface area contributed by atoms with Crippen LogP contribution >= 0.6 is 11.6 Å². The number of halogens is 1. The van der Waals surface area contributed by atoms with Crippen molar-refractivity contribution in [3.05, 3.63) is 45.6 Å². The number of anilines is 1. The molecule has 1 aromatic heterocycles. The lowest BCUT2D eigenvalue weighted by molar-refractivity contribution is 0.0933. The third-order valence-corrected chi connectivity index (χ3v) is 4.41. The maximum Gasteiger partial charge on any atom is 0.340 e. The summed E-state index contributed by atoms with van der Waals surface area (Å²) < 4.78 is 0. The van der Waals surface area contributed by atoms with Crippen LogP contribution < -0.4 is 10.6 Å². The van der Waals surface area contributed by atoms with Crippen molar-refractivity contribution in [3.8, 4) is 0 Å². The van der Waals surface area contributed by atoms with E-state index in [1.54, 1.807) is 0 Å². The predicted octanol–water partition coefficient (Wildman–Crippen LogP) is 1.85. The second-order valence-corrected chi connectivity index (χ2v) is 6.69. The van der Waals surface area contributed by atoms with Crippen LogP contribution in [0.2, 0.25) is 5.02 Å². The fourth-order valence-electron chi connectivity index (χ4n) is 2.92. The molecule has 6 nitrogen and oxygen atoms in total. The second-order valence-electron chi connectivity index (χ2n) is 6.26. The first kappa shape index (κ1) is 15.1. The lowest BCUT2D eigenvalue weighted by Gasteiger charge is -2.47. The number of nitrogens with zero attached hydrogens (tertiary/aromatic N) is 3. The molecule has 0 unspecified atom stereocenters. The minimum atomic E-state index is -0.257. The number of benzene rings is 1. The quantitative estimate of drug-likeness (QED) is 0.905. The maximum atomic E-state index is 11.1. The normalized spacial score (nSPS) is 18.6. The van der Waals surface area contributed by atoms with Crippen molar-refractivity contribution in [2.45, 2.75) is 25.9 Å². The molecule has 1 saturated heterocycles. The number of aromatic amines is 2. The summed E-state index contributed by atoms with van der Waals surface area (Å²) in [5.41, 5.74) is 0.909. The number of H-pyrrole nitrogens is 2. The highest BCUT2D eigenvalue weighted by Gasteiger charge is 2.34. The van der Waals surface area contributed by atoms with E-state index in [-0.39, 0.29) is 11.2 Å². The molecule has 2 heterocycles. The van der Waals surface area contributed by atoms with E-state index in [2.05, 4.69) is 51.0 Å². The predicted molar refractivity (Wildman–Crippen MR) is 87.4 cm³/mol. The van der Waals surface area contributed by atoms with Crippen molar-refractivity contribution in [3.63, 3.8) is 0 Å². The molecule has 1 aliphatic rings. The van der Waals surface area contributed by atoms with E-state index >= 15 is 0 Å². The van der Waals surface area contributed by atoms with Gasteiger partial charge in [0, 0.05) is 35.9 Å². The molecule has 2 aromatic rings. The standard InChI is InChI=1S/C15H20ClN5O/c1-15(2)10-20(12-5-3-11(16)4-6-12)7-8-21(15)9-13-17-14(22)19-18-13/h3-6H,7-10H2,1-2H3,(H2,17,18,19,22). The van der Waals surface area contributed by atoms with E-state index < -0.39 is 0 Å². The summed E-state index contributed by atoms with van der Waals surface area (Å²) in [5, 5.41) is 7.17. The van der Waals surface area contributed by atoms with Crippen LogP contribution in [0, 0.1) is 0 Å². The van der Waals surface area contributed by atoms with E-state index in [0.29, 0.717) is 12.4 Å². The van der Waals surface area contributed by atoms with E-state index in [1.807, 2.05) is 12.1 Å². The summed E-state index contributed by atoms with van der Waals surface area (Å²) in [7, 11) is 0. The third kappa shape index (κ3) is 3.18. The summed E-state index contributed by atoms with van der Waals surface area (Å²) in [4.78, 5) is 18.6. The Balaban J connectivity index is 1.71. The van der Waals surface area contributed by atoms with Gasteiger partial charge in [-0.3, -0.25) is 9.88 Å². The first-order valence-electron chi connectivity index (χ1n) is 7.33. The minimum absolute atomic E-state index is 0.0201. The molecule has 2 N–H and O–H groups in total. The van der Waals surface area contributed by atoms with Gasteiger partial charge in [0.1, 0.15) is 5.82 Å². The molecule has 0 saturated carbocycles. The molecule has 0 radical (unpaired) electrons. The van der Waals surface area contributed by atoms with Crippen molar-refractivity contribution >= 4 is 17.3 Å². The van der Waals surface area contributed by atoms with Crippen molar-refractivity contribution in [2.75, 3.05) is 24.5 Å². The van der Waals surface area contributed by atoms with E-state index in [9.17, 15) is 4.79 Å². The Morgan fingerprint density at radius 3 is 2.59 bits per heavy atom. The Hall–Kier alpha value is -1.79. The highest BCUT2D eigenvalue weighted by molar-refractivity contribution is 6.30. The molecule has 118 valence electrons. The van der Waals surface area contributed by atoms with Gasteiger partial charge in [-0.1, -0.05) is 11.6 Å². The Labute approximate surface area is 134 Å². The van der Waals surface area contributed by atoms with Gasteiger partial charge in [-0.2, -0.15) is 5.10 Å². The van der Waals surface area contributed by atoms with Gasteiger partial charge in [0.05, 0.1) is 6.54 Å². The molecule has 7 heteroatoms. The number of nitrogens with one attached hydrogen (secondary N) is 2. The van der Waals surface area contributed by atoms with Crippen LogP contribution in [0.3, 0.4) is 0 Å². The van der Waals surface area contributed by atoms with Gasteiger partial charge < -0.3 is 4.90 Å². The van der Waals surface area contributed by atoms with Gasteiger partial charge in [0.25, 0.3) is 0 Å². The first-order valence-corrected chi connectivity index (χ1v) is 7.71. The van der Waals surface area contributed by atoms with Crippen LogP contribution in [-0.4, -0.2) is 45.3 Å². The Bertz CT molecular complexity index is 690. The molecule has 0 atom stereocenters.